The van der Waals surface area contributed by atoms with E-state index < -0.39 is 10.0 Å². The van der Waals surface area contributed by atoms with Crippen molar-refractivity contribution >= 4 is 27.0 Å². The smallest absolute Gasteiger partial charge is 0.250 e. The van der Waals surface area contributed by atoms with E-state index in [1.54, 1.807) is 6.07 Å². The van der Waals surface area contributed by atoms with Crippen molar-refractivity contribution in [2.45, 2.75) is 23.6 Å². The van der Waals surface area contributed by atoms with Gasteiger partial charge in [0.1, 0.15) is 4.21 Å². The van der Waals surface area contributed by atoms with Crippen molar-refractivity contribution in [2.75, 3.05) is 39.6 Å². The Morgan fingerprint density at radius 2 is 1.68 bits per heavy atom. The minimum atomic E-state index is -3.47. The molecule has 0 aliphatic carbocycles. The number of sulfonamides is 1. The molecule has 0 bridgehead atoms. The van der Waals surface area contributed by atoms with Gasteiger partial charge >= 0.3 is 0 Å². The third kappa shape index (κ3) is 5.04. The van der Waals surface area contributed by atoms with Crippen LogP contribution in [0.5, 0.6) is 0 Å². The standard InChI is InChI=1S/C18H27N3O2S2/c1-6-16-11-12-18(24-16)25(22,23)19-13-17(21(4)5)14-7-9-15(10-8-14)20(2)3/h7-12,17,19H,6,13H2,1-5H3/t17-/m1/s1. The number of nitrogens with zero attached hydrogens (tertiary/aromatic N) is 2. The number of benzene rings is 1. The van der Waals surface area contributed by atoms with Crippen LogP contribution in [0.4, 0.5) is 5.69 Å². The third-order valence-corrected chi connectivity index (χ3v) is 7.28. The second-order valence-electron chi connectivity index (χ2n) is 6.39. The molecule has 0 saturated carbocycles. The lowest BCUT2D eigenvalue weighted by Crippen LogP contribution is -2.34. The van der Waals surface area contributed by atoms with Gasteiger partial charge in [-0.1, -0.05) is 19.1 Å². The molecule has 0 amide bonds. The Balaban J connectivity index is 2.13. The van der Waals surface area contributed by atoms with Gasteiger partial charge in [0.05, 0.1) is 0 Å². The normalized spacial score (nSPS) is 13.2. The van der Waals surface area contributed by atoms with Crippen LogP contribution < -0.4 is 9.62 Å². The van der Waals surface area contributed by atoms with Crippen molar-refractivity contribution in [1.82, 2.24) is 9.62 Å². The molecule has 1 heterocycles. The number of aryl methyl sites for hydroxylation is 1. The maximum atomic E-state index is 12.5. The average molecular weight is 382 g/mol. The fourth-order valence-electron chi connectivity index (χ4n) is 2.55. The van der Waals surface area contributed by atoms with Crippen LogP contribution in [-0.4, -0.2) is 48.1 Å². The lowest BCUT2D eigenvalue weighted by molar-refractivity contribution is 0.299. The Morgan fingerprint density at radius 3 is 2.16 bits per heavy atom. The van der Waals surface area contributed by atoms with Gasteiger partial charge in [-0.2, -0.15) is 0 Å². The first-order chi connectivity index (χ1) is 11.7. The maximum Gasteiger partial charge on any atom is 0.250 e. The van der Waals surface area contributed by atoms with E-state index in [4.69, 9.17) is 0 Å². The van der Waals surface area contributed by atoms with Crippen molar-refractivity contribution in [3.8, 4) is 0 Å². The van der Waals surface area contributed by atoms with Crippen molar-refractivity contribution in [2.24, 2.45) is 0 Å². The summed E-state index contributed by atoms with van der Waals surface area (Å²) in [6, 6.07) is 11.7. The lowest BCUT2D eigenvalue weighted by atomic mass is 10.1. The van der Waals surface area contributed by atoms with Crippen LogP contribution in [0.25, 0.3) is 0 Å². The summed E-state index contributed by atoms with van der Waals surface area (Å²) in [7, 11) is 4.44. The summed E-state index contributed by atoms with van der Waals surface area (Å²) in [5.74, 6) is 0. The molecule has 1 aromatic heterocycles. The van der Waals surface area contributed by atoms with Gasteiger partial charge in [0.2, 0.25) is 10.0 Å². The molecule has 0 aliphatic rings. The summed E-state index contributed by atoms with van der Waals surface area (Å²) in [6.45, 7) is 2.35. The first kappa shape index (κ1) is 19.9. The summed E-state index contributed by atoms with van der Waals surface area (Å²) in [5.41, 5.74) is 2.20. The number of anilines is 1. The number of hydrogen-bond acceptors (Lipinski definition) is 5. The predicted molar refractivity (Wildman–Crippen MR) is 106 cm³/mol. The van der Waals surface area contributed by atoms with Gasteiger partial charge in [0, 0.05) is 37.2 Å². The van der Waals surface area contributed by atoms with Crippen LogP contribution in [0.2, 0.25) is 0 Å². The first-order valence-corrected chi connectivity index (χ1v) is 10.6. The Morgan fingerprint density at radius 1 is 1.04 bits per heavy atom. The number of hydrogen-bond donors (Lipinski definition) is 1. The molecule has 1 aromatic carbocycles. The summed E-state index contributed by atoms with van der Waals surface area (Å²) < 4.78 is 28.2. The zero-order valence-corrected chi connectivity index (χ0v) is 17.1. The second kappa shape index (κ2) is 8.31. The Labute approximate surface area is 155 Å². The van der Waals surface area contributed by atoms with Crippen LogP contribution in [0, 0.1) is 0 Å². The Bertz CT molecular complexity index is 781. The Hall–Kier alpha value is -1.41. The fraction of sp³-hybridized carbons (Fsp3) is 0.444. The topological polar surface area (TPSA) is 52.7 Å². The number of likely N-dealkylation sites (N-methyl/N-ethyl adjacent to an activating group) is 1. The van der Waals surface area contributed by atoms with E-state index in [1.165, 1.54) is 11.3 Å². The highest BCUT2D eigenvalue weighted by Gasteiger charge is 2.21. The fourth-order valence-corrected chi connectivity index (χ4v) is 4.92. The summed E-state index contributed by atoms with van der Waals surface area (Å²) in [4.78, 5) is 5.14. The summed E-state index contributed by atoms with van der Waals surface area (Å²) in [5, 5.41) is 0. The average Bonchev–Trinajstić information content (AvgIpc) is 3.05. The molecule has 0 saturated heterocycles. The van der Waals surface area contributed by atoms with Gasteiger partial charge in [-0.3, -0.25) is 0 Å². The highest BCUT2D eigenvalue weighted by Crippen LogP contribution is 2.24. The van der Waals surface area contributed by atoms with E-state index in [1.807, 2.05) is 63.1 Å². The van der Waals surface area contributed by atoms with Crippen LogP contribution >= 0.6 is 11.3 Å². The molecule has 1 N–H and O–H groups in total. The maximum absolute atomic E-state index is 12.5. The molecule has 2 rings (SSSR count). The zero-order valence-electron chi connectivity index (χ0n) is 15.5. The molecule has 1 atom stereocenters. The highest BCUT2D eigenvalue weighted by molar-refractivity contribution is 7.91. The van der Waals surface area contributed by atoms with Crippen molar-refractivity contribution in [3.05, 3.63) is 46.8 Å². The molecule has 7 heteroatoms. The van der Waals surface area contributed by atoms with E-state index in [2.05, 4.69) is 16.9 Å². The Kier molecular flexibility index (Phi) is 6.62. The molecule has 0 spiro atoms. The second-order valence-corrected chi connectivity index (χ2v) is 9.55. The van der Waals surface area contributed by atoms with E-state index in [9.17, 15) is 8.42 Å². The quantitative estimate of drug-likeness (QED) is 0.764. The first-order valence-electron chi connectivity index (χ1n) is 8.26. The summed E-state index contributed by atoms with van der Waals surface area (Å²) in [6.07, 6.45) is 0.846. The number of nitrogens with one attached hydrogen (secondary N) is 1. The van der Waals surface area contributed by atoms with Crippen molar-refractivity contribution in [1.29, 1.82) is 0 Å². The van der Waals surface area contributed by atoms with Crippen molar-refractivity contribution in [3.63, 3.8) is 0 Å². The molecule has 2 aromatic rings. The molecule has 138 valence electrons. The monoisotopic (exact) mass is 381 g/mol. The van der Waals surface area contributed by atoms with E-state index in [-0.39, 0.29) is 6.04 Å². The van der Waals surface area contributed by atoms with Gasteiger partial charge in [-0.25, -0.2) is 13.1 Å². The third-order valence-electron chi connectivity index (χ3n) is 4.13. The number of rotatable bonds is 8. The van der Waals surface area contributed by atoms with Crippen molar-refractivity contribution < 1.29 is 8.42 Å². The zero-order chi connectivity index (χ0) is 18.6. The molecule has 0 unspecified atom stereocenters. The lowest BCUT2D eigenvalue weighted by Gasteiger charge is -2.25. The SMILES string of the molecule is CCc1ccc(S(=O)(=O)NC[C@H](c2ccc(N(C)C)cc2)N(C)C)s1. The van der Waals surface area contributed by atoms with Gasteiger partial charge in [0.15, 0.2) is 0 Å². The molecule has 5 nitrogen and oxygen atoms in total. The van der Waals surface area contributed by atoms with E-state index in [0.29, 0.717) is 10.8 Å². The highest BCUT2D eigenvalue weighted by atomic mass is 32.2. The number of thiophene rings is 1. The van der Waals surface area contributed by atoms with Gasteiger partial charge in [-0.15, -0.1) is 11.3 Å². The van der Waals surface area contributed by atoms with Crippen LogP contribution in [-0.2, 0) is 16.4 Å². The van der Waals surface area contributed by atoms with Crippen LogP contribution in [0.15, 0.2) is 40.6 Å². The molecular formula is C18H27N3O2S2. The van der Waals surface area contributed by atoms with Gasteiger partial charge in [0.25, 0.3) is 0 Å². The van der Waals surface area contributed by atoms with E-state index >= 15 is 0 Å². The minimum Gasteiger partial charge on any atom is -0.378 e. The molecule has 0 aliphatic heterocycles. The van der Waals surface area contributed by atoms with Gasteiger partial charge < -0.3 is 9.80 Å². The molecule has 25 heavy (non-hydrogen) atoms. The van der Waals surface area contributed by atoms with Crippen LogP contribution in [0.1, 0.15) is 23.4 Å². The van der Waals surface area contributed by atoms with Gasteiger partial charge in [-0.05, 0) is 50.3 Å². The largest absolute Gasteiger partial charge is 0.378 e. The van der Waals surface area contributed by atoms with E-state index in [0.717, 1.165) is 22.5 Å². The summed E-state index contributed by atoms with van der Waals surface area (Å²) >= 11 is 1.33. The molecular weight excluding hydrogens is 354 g/mol. The molecule has 0 radical (unpaired) electrons. The molecule has 0 fully saturated rings. The van der Waals surface area contributed by atoms with Crippen LogP contribution in [0.3, 0.4) is 0 Å². The minimum absolute atomic E-state index is 0.0309. The predicted octanol–water partition coefficient (Wildman–Crippen LogP) is 2.96.